The summed E-state index contributed by atoms with van der Waals surface area (Å²) in [6.45, 7) is 2.35. The van der Waals surface area contributed by atoms with Gasteiger partial charge in [0, 0.05) is 23.5 Å². The van der Waals surface area contributed by atoms with E-state index in [9.17, 15) is 22.4 Å². The van der Waals surface area contributed by atoms with Crippen LogP contribution >= 0.6 is 0 Å². The van der Waals surface area contributed by atoms with Crippen LogP contribution in [0.4, 0.5) is 17.6 Å². The number of nitrogens with one attached hydrogen (secondary N) is 1. The van der Waals surface area contributed by atoms with Gasteiger partial charge in [0.2, 0.25) is 0 Å². The van der Waals surface area contributed by atoms with Crippen LogP contribution in [0, 0.1) is 5.82 Å². The van der Waals surface area contributed by atoms with Crippen LogP contribution in [-0.4, -0.2) is 17.0 Å². The molecule has 0 spiro atoms. The molecule has 3 nitrogen and oxygen atoms in total. The number of hydrogen-bond donors (Lipinski definition) is 1. The van der Waals surface area contributed by atoms with Crippen molar-refractivity contribution in [3.8, 4) is 11.1 Å². The van der Waals surface area contributed by atoms with Crippen molar-refractivity contribution < 1.29 is 22.4 Å². The molecule has 3 aromatic rings. The molecule has 0 saturated carbocycles. The number of halogens is 4. The summed E-state index contributed by atoms with van der Waals surface area (Å²) in [5, 5.41) is 3.31. The minimum atomic E-state index is -4.43. The fourth-order valence-electron chi connectivity index (χ4n) is 3.45. The molecule has 1 aliphatic heterocycles. The Bertz CT molecular complexity index is 1020. The van der Waals surface area contributed by atoms with Gasteiger partial charge in [-0.15, -0.1) is 0 Å². The molecule has 4 rings (SSSR count). The fourth-order valence-corrected chi connectivity index (χ4v) is 3.45. The first-order chi connectivity index (χ1) is 12.3. The predicted molar refractivity (Wildman–Crippen MR) is 89.4 cm³/mol. The molecule has 1 unspecified atom stereocenters. The molecule has 7 heteroatoms. The summed E-state index contributed by atoms with van der Waals surface area (Å²) in [4.78, 5) is 12.1. The van der Waals surface area contributed by atoms with Crippen LogP contribution in [0.1, 0.15) is 29.0 Å². The van der Waals surface area contributed by atoms with Gasteiger partial charge in [-0.2, -0.15) is 13.2 Å². The van der Waals surface area contributed by atoms with E-state index < -0.39 is 17.6 Å². The summed E-state index contributed by atoms with van der Waals surface area (Å²) >= 11 is 0. The number of aromatic nitrogens is 1. The van der Waals surface area contributed by atoms with Gasteiger partial charge >= 0.3 is 6.18 Å². The highest BCUT2D eigenvalue weighted by Gasteiger charge is 2.30. The zero-order chi connectivity index (χ0) is 18.6. The Labute approximate surface area is 146 Å². The number of hydrogen-bond acceptors (Lipinski definition) is 1. The minimum absolute atomic E-state index is 0.0566. The van der Waals surface area contributed by atoms with Gasteiger partial charge in [0.05, 0.1) is 11.1 Å². The van der Waals surface area contributed by atoms with E-state index in [2.05, 4.69) is 5.32 Å². The molecule has 2 heterocycles. The lowest BCUT2D eigenvalue weighted by Crippen LogP contribution is -2.37. The van der Waals surface area contributed by atoms with Gasteiger partial charge < -0.3 is 9.88 Å². The van der Waals surface area contributed by atoms with Crippen LogP contribution in [0.3, 0.4) is 0 Å². The maximum atomic E-state index is 14.1. The number of nitrogens with zero attached hydrogens (tertiary/aromatic N) is 1. The summed E-state index contributed by atoms with van der Waals surface area (Å²) in [6.07, 6.45) is -4.43. The Hall–Kier alpha value is -2.83. The highest BCUT2D eigenvalue weighted by Crippen LogP contribution is 2.37. The van der Waals surface area contributed by atoms with Crippen LogP contribution in [0.2, 0.25) is 0 Å². The van der Waals surface area contributed by atoms with Crippen LogP contribution in [0.5, 0.6) is 0 Å². The number of alkyl halides is 3. The zero-order valence-electron chi connectivity index (χ0n) is 13.7. The quantitative estimate of drug-likeness (QED) is 0.622. The van der Waals surface area contributed by atoms with Gasteiger partial charge in [-0.3, -0.25) is 4.79 Å². The third-order valence-corrected chi connectivity index (χ3v) is 4.65. The Morgan fingerprint density at radius 2 is 1.81 bits per heavy atom. The highest BCUT2D eigenvalue weighted by molar-refractivity contribution is 6.04. The van der Waals surface area contributed by atoms with Gasteiger partial charge in [-0.1, -0.05) is 12.1 Å². The van der Waals surface area contributed by atoms with E-state index in [0.29, 0.717) is 34.3 Å². The summed E-state index contributed by atoms with van der Waals surface area (Å²) in [6, 6.07) is 8.77. The normalized spacial score (nSPS) is 17.3. The van der Waals surface area contributed by atoms with E-state index in [-0.39, 0.29) is 11.9 Å². The van der Waals surface area contributed by atoms with E-state index >= 15 is 0 Å². The number of amides is 1. The Kier molecular flexibility index (Phi) is 3.57. The minimum Gasteiger partial charge on any atom is -0.349 e. The van der Waals surface area contributed by atoms with Gasteiger partial charge in [0.25, 0.3) is 5.91 Å². The average molecular weight is 362 g/mol. The lowest BCUT2D eigenvalue weighted by Gasteiger charge is -2.25. The monoisotopic (exact) mass is 362 g/mol. The predicted octanol–water partition coefficient (Wildman–Crippen LogP) is 4.77. The molecule has 0 saturated heterocycles. The lowest BCUT2D eigenvalue weighted by molar-refractivity contribution is -0.137. The molecular formula is C19H14F4N2O. The number of rotatable bonds is 1. The van der Waals surface area contributed by atoms with Crippen LogP contribution < -0.4 is 5.32 Å². The van der Waals surface area contributed by atoms with Crippen molar-refractivity contribution in [2.75, 3.05) is 6.54 Å². The molecule has 134 valence electrons. The molecule has 1 amide bonds. The zero-order valence-corrected chi connectivity index (χ0v) is 13.7. The van der Waals surface area contributed by atoms with Crippen molar-refractivity contribution in [1.82, 2.24) is 9.88 Å². The van der Waals surface area contributed by atoms with Crippen molar-refractivity contribution in [3.63, 3.8) is 0 Å². The number of benzene rings is 2. The third kappa shape index (κ3) is 2.55. The second-order valence-electron chi connectivity index (χ2n) is 6.42. The Morgan fingerprint density at radius 3 is 2.46 bits per heavy atom. The van der Waals surface area contributed by atoms with Crippen molar-refractivity contribution in [2.24, 2.45) is 0 Å². The smallest absolute Gasteiger partial charge is 0.349 e. The maximum absolute atomic E-state index is 14.1. The van der Waals surface area contributed by atoms with Crippen LogP contribution in [0.25, 0.3) is 22.0 Å². The van der Waals surface area contributed by atoms with E-state index in [1.54, 1.807) is 6.07 Å². The van der Waals surface area contributed by atoms with Gasteiger partial charge in [0.1, 0.15) is 11.5 Å². The number of carbonyl (C=O) groups excluding carboxylic acids is 1. The van der Waals surface area contributed by atoms with E-state index in [4.69, 9.17) is 0 Å². The molecule has 0 bridgehead atoms. The van der Waals surface area contributed by atoms with Crippen LogP contribution in [0.15, 0.2) is 42.5 Å². The third-order valence-electron chi connectivity index (χ3n) is 4.65. The molecule has 1 aliphatic rings. The van der Waals surface area contributed by atoms with Gasteiger partial charge in [0.15, 0.2) is 0 Å². The maximum Gasteiger partial charge on any atom is 0.416 e. The molecule has 0 fully saturated rings. The molecular weight excluding hydrogens is 348 g/mol. The lowest BCUT2D eigenvalue weighted by atomic mass is 10.0. The van der Waals surface area contributed by atoms with Gasteiger partial charge in [-0.25, -0.2) is 4.39 Å². The summed E-state index contributed by atoms with van der Waals surface area (Å²) in [7, 11) is 0. The molecule has 0 aliphatic carbocycles. The number of carbonyl (C=O) groups is 1. The summed E-state index contributed by atoms with van der Waals surface area (Å²) < 4.78 is 54.3. The van der Waals surface area contributed by atoms with E-state index in [0.717, 1.165) is 12.1 Å². The molecule has 0 radical (unpaired) electrons. The molecule has 26 heavy (non-hydrogen) atoms. The van der Waals surface area contributed by atoms with Crippen molar-refractivity contribution in [2.45, 2.75) is 19.1 Å². The second kappa shape index (κ2) is 5.59. The highest BCUT2D eigenvalue weighted by atomic mass is 19.4. The SMILES string of the molecule is CC1CNC(=O)c2cc3cc(F)cc(-c4ccc(C(F)(F)F)cc4)c3n21. The van der Waals surface area contributed by atoms with Gasteiger partial charge in [-0.05, 0) is 42.8 Å². The molecule has 1 aromatic heterocycles. The summed E-state index contributed by atoms with van der Waals surface area (Å²) in [5.74, 6) is -0.763. The average Bonchev–Trinajstić information content (AvgIpc) is 2.97. The largest absolute Gasteiger partial charge is 0.416 e. The topological polar surface area (TPSA) is 34.0 Å². The first-order valence-corrected chi connectivity index (χ1v) is 8.06. The van der Waals surface area contributed by atoms with Crippen molar-refractivity contribution >= 4 is 16.8 Å². The first-order valence-electron chi connectivity index (χ1n) is 8.06. The van der Waals surface area contributed by atoms with Crippen molar-refractivity contribution in [1.29, 1.82) is 0 Å². The molecule has 1 N–H and O–H groups in total. The summed E-state index contributed by atoms with van der Waals surface area (Å²) in [5.41, 5.74) is 1.21. The molecule has 2 aromatic carbocycles. The first kappa shape index (κ1) is 16.6. The molecule has 1 atom stereocenters. The van der Waals surface area contributed by atoms with E-state index in [1.807, 2.05) is 11.5 Å². The fraction of sp³-hybridized carbons (Fsp3) is 0.211. The van der Waals surface area contributed by atoms with E-state index in [1.165, 1.54) is 24.3 Å². The standard InChI is InChI=1S/C19H14F4N2O/c1-10-9-24-18(26)16-7-12-6-14(20)8-15(17(12)25(10)16)11-2-4-13(5-3-11)19(21,22)23/h2-8,10H,9H2,1H3,(H,24,26). The number of fused-ring (bicyclic) bond motifs is 3. The Balaban J connectivity index is 1.97. The van der Waals surface area contributed by atoms with Crippen molar-refractivity contribution in [3.05, 3.63) is 59.5 Å². The second-order valence-corrected chi connectivity index (χ2v) is 6.42. The van der Waals surface area contributed by atoms with Crippen LogP contribution in [-0.2, 0) is 6.18 Å². The Morgan fingerprint density at radius 1 is 1.12 bits per heavy atom.